The molecule has 2 aromatic heterocycles. The van der Waals surface area contributed by atoms with Gasteiger partial charge in [0, 0.05) is 30.2 Å². The lowest BCUT2D eigenvalue weighted by atomic mass is 10.1. The number of hydrogen-bond donors (Lipinski definition) is 2. The van der Waals surface area contributed by atoms with Crippen molar-refractivity contribution >= 4 is 5.97 Å². The highest BCUT2D eigenvalue weighted by atomic mass is 16.4. The number of pyridine rings is 1. The minimum Gasteiger partial charge on any atom is -0.478 e. The van der Waals surface area contributed by atoms with Gasteiger partial charge in [0.15, 0.2) is 0 Å². The molecule has 0 aromatic carbocycles. The third-order valence-corrected chi connectivity index (χ3v) is 2.15. The number of nitrogens with one attached hydrogen (secondary N) is 1. The van der Waals surface area contributed by atoms with E-state index in [1.54, 1.807) is 18.5 Å². The molecule has 0 aliphatic rings. The monoisotopic (exact) mass is 202 g/mol. The summed E-state index contributed by atoms with van der Waals surface area (Å²) in [6.45, 7) is 0. The van der Waals surface area contributed by atoms with E-state index in [0.717, 1.165) is 5.69 Å². The number of nitrogens with zero attached hydrogens (tertiary/aromatic N) is 1. The SMILES string of the molecule is O=C(O)c1cc[nH]c1Cc1ccccn1. The second-order valence-electron chi connectivity index (χ2n) is 3.17. The topological polar surface area (TPSA) is 66.0 Å². The molecule has 0 amide bonds. The van der Waals surface area contributed by atoms with E-state index in [1.165, 1.54) is 0 Å². The Kier molecular flexibility index (Phi) is 2.49. The predicted octanol–water partition coefficient (Wildman–Crippen LogP) is 1.70. The fraction of sp³-hybridized carbons (Fsp3) is 0.0909. The summed E-state index contributed by atoms with van der Waals surface area (Å²) in [4.78, 5) is 17.9. The Labute approximate surface area is 86.6 Å². The summed E-state index contributed by atoms with van der Waals surface area (Å²) in [5.74, 6) is -0.915. The number of aromatic amines is 1. The van der Waals surface area contributed by atoms with E-state index in [1.807, 2.05) is 18.2 Å². The van der Waals surface area contributed by atoms with Gasteiger partial charge in [-0.2, -0.15) is 0 Å². The highest BCUT2D eigenvalue weighted by molar-refractivity contribution is 5.89. The number of aromatic nitrogens is 2. The Morgan fingerprint density at radius 1 is 1.40 bits per heavy atom. The van der Waals surface area contributed by atoms with Crippen LogP contribution in [0.25, 0.3) is 0 Å². The molecule has 0 aliphatic carbocycles. The number of carboxylic acid groups (broad SMARTS) is 1. The predicted molar refractivity (Wildman–Crippen MR) is 54.8 cm³/mol. The minimum atomic E-state index is -0.915. The van der Waals surface area contributed by atoms with Crippen LogP contribution in [-0.2, 0) is 6.42 Å². The van der Waals surface area contributed by atoms with E-state index in [9.17, 15) is 4.79 Å². The Morgan fingerprint density at radius 3 is 2.93 bits per heavy atom. The molecular formula is C11H10N2O2. The van der Waals surface area contributed by atoms with Crippen molar-refractivity contribution in [1.82, 2.24) is 9.97 Å². The molecule has 4 nitrogen and oxygen atoms in total. The van der Waals surface area contributed by atoms with Crippen molar-refractivity contribution in [3.8, 4) is 0 Å². The van der Waals surface area contributed by atoms with E-state index in [2.05, 4.69) is 9.97 Å². The van der Waals surface area contributed by atoms with Gasteiger partial charge >= 0.3 is 5.97 Å². The first-order valence-electron chi connectivity index (χ1n) is 4.57. The normalized spacial score (nSPS) is 10.1. The molecular weight excluding hydrogens is 192 g/mol. The van der Waals surface area contributed by atoms with Gasteiger partial charge in [0.2, 0.25) is 0 Å². The number of carbonyl (C=O) groups is 1. The number of carboxylic acids is 1. The third-order valence-electron chi connectivity index (χ3n) is 2.15. The van der Waals surface area contributed by atoms with E-state index >= 15 is 0 Å². The van der Waals surface area contributed by atoms with E-state index in [4.69, 9.17) is 5.11 Å². The molecule has 0 fully saturated rings. The van der Waals surface area contributed by atoms with Crippen molar-refractivity contribution in [3.05, 3.63) is 53.6 Å². The first-order chi connectivity index (χ1) is 7.27. The van der Waals surface area contributed by atoms with Crippen molar-refractivity contribution < 1.29 is 9.90 Å². The van der Waals surface area contributed by atoms with Gasteiger partial charge in [-0.25, -0.2) is 4.79 Å². The average Bonchev–Trinajstić information content (AvgIpc) is 2.67. The smallest absolute Gasteiger partial charge is 0.337 e. The molecule has 0 spiro atoms. The standard InChI is InChI=1S/C11H10N2O2/c14-11(15)9-4-6-13-10(9)7-8-3-1-2-5-12-8/h1-6,13H,7H2,(H,14,15). The highest BCUT2D eigenvalue weighted by Crippen LogP contribution is 2.11. The molecule has 76 valence electrons. The quantitative estimate of drug-likeness (QED) is 0.796. The van der Waals surface area contributed by atoms with Crippen molar-refractivity contribution in [2.45, 2.75) is 6.42 Å². The largest absolute Gasteiger partial charge is 0.478 e. The Bertz CT molecular complexity index is 462. The summed E-state index contributed by atoms with van der Waals surface area (Å²) in [6.07, 6.45) is 3.83. The van der Waals surface area contributed by atoms with Crippen LogP contribution in [0.5, 0.6) is 0 Å². The van der Waals surface area contributed by atoms with Crippen molar-refractivity contribution in [2.75, 3.05) is 0 Å². The van der Waals surface area contributed by atoms with Crippen LogP contribution >= 0.6 is 0 Å². The van der Waals surface area contributed by atoms with Gasteiger partial charge in [0.05, 0.1) is 5.56 Å². The lowest BCUT2D eigenvalue weighted by Crippen LogP contribution is -2.01. The van der Waals surface area contributed by atoms with Crippen LogP contribution in [0, 0.1) is 0 Å². The van der Waals surface area contributed by atoms with E-state index in [0.29, 0.717) is 17.7 Å². The Balaban J connectivity index is 2.25. The lowest BCUT2D eigenvalue weighted by Gasteiger charge is -1.99. The van der Waals surface area contributed by atoms with Crippen molar-refractivity contribution in [2.24, 2.45) is 0 Å². The van der Waals surface area contributed by atoms with Crippen LogP contribution in [0.15, 0.2) is 36.7 Å². The summed E-state index contributed by atoms with van der Waals surface area (Å²) in [7, 11) is 0. The zero-order chi connectivity index (χ0) is 10.7. The van der Waals surface area contributed by atoms with Crippen molar-refractivity contribution in [3.63, 3.8) is 0 Å². The second-order valence-corrected chi connectivity index (χ2v) is 3.17. The molecule has 15 heavy (non-hydrogen) atoms. The summed E-state index contributed by atoms with van der Waals surface area (Å²) < 4.78 is 0. The van der Waals surface area contributed by atoms with Crippen LogP contribution in [0.1, 0.15) is 21.7 Å². The molecule has 2 N–H and O–H groups in total. The zero-order valence-corrected chi connectivity index (χ0v) is 7.97. The third kappa shape index (κ3) is 2.04. The highest BCUT2D eigenvalue weighted by Gasteiger charge is 2.11. The molecule has 0 bridgehead atoms. The summed E-state index contributed by atoms with van der Waals surface area (Å²) in [6, 6.07) is 7.13. The Morgan fingerprint density at radius 2 is 2.27 bits per heavy atom. The summed E-state index contributed by atoms with van der Waals surface area (Å²) in [5.41, 5.74) is 1.84. The van der Waals surface area contributed by atoms with Crippen LogP contribution < -0.4 is 0 Å². The van der Waals surface area contributed by atoms with Crippen LogP contribution in [0.2, 0.25) is 0 Å². The van der Waals surface area contributed by atoms with Crippen LogP contribution in [0.3, 0.4) is 0 Å². The molecule has 0 unspecified atom stereocenters. The summed E-state index contributed by atoms with van der Waals surface area (Å²) in [5, 5.41) is 8.89. The maximum absolute atomic E-state index is 10.8. The molecule has 0 aliphatic heterocycles. The molecule has 0 saturated carbocycles. The first kappa shape index (κ1) is 9.45. The molecule has 2 rings (SSSR count). The first-order valence-corrected chi connectivity index (χ1v) is 4.57. The maximum atomic E-state index is 10.8. The van der Waals surface area contributed by atoms with Crippen LogP contribution in [0.4, 0.5) is 0 Å². The van der Waals surface area contributed by atoms with Gasteiger partial charge in [-0.15, -0.1) is 0 Å². The number of aromatic carboxylic acids is 1. The van der Waals surface area contributed by atoms with Gasteiger partial charge in [0.1, 0.15) is 0 Å². The second kappa shape index (κ2) is 3.96. The molecule has 2 heterocycles. The van der Waals surface area contributed by atoms with E-state index < -0.39 is 5.97 Å². The molecule has 0 saturated heterocycles. The molecule has 0 atom stereocenters. The number of H-pyrrole nitrogens is 1. The maximum Gasteiger partial charge on any atom is 0.337 e. The number of rotatable bonds is 3. The average molecular weight is 202 g/mol. The van der Waals surface area contributed by atoms with Crippen LogP contribution in [-0.4, -0.2) is 21.0 Å². The Hall–Kier alpha value is -2.10. The lowest BCUT2D eigenvalue weighted by molar-refractivity contribution is 0.0696. The van der Waals surface area contributed by atoms with Gasteiger partial charge in [-0.1, -0.05) is 6.07 Å². The fourth-order valence-corrected chi connectivity index (χ4v) is 1.43. The summed E-state index contributed by atoms with van der Waals surface area (Å²) >= 11 is 0. The minimum absolute atomic E-state index is 0.306. The fourth-order valence-electron chi connectivity index (χ4n) is 1.43. The van der Waals surface area contributed by atoms with Gasteiger partial charge in [-0.05, 0) is 18.2 Å². The molecule has 0 radical (unpaired) electrons. The van der Waals surface area contributed by atoms with Gasteiger partial charge < -0.3 is 10.1 Å². The number of hydrogen-bond acceptors (Lipinski definition) is 2. The zero-order valence-electron chi connectivity index (χ0n) is 7.97. The van der Waals surface area contributed by atoms with Gasteiger partial charge in [-0.3, -0.25) is 4.98 Å². The molecule has 4 heteroatoms. The molecule has 2 aromatic rings. The van der Waals surface area contributed by atoms with Crippen molar-refractivity contribution in [1.29, 1.82) is 0 Å². The van der Waals surface area contributed by atoms with Gasteiger partial charge in [0.25, 0.3) is 0 Å². The van der Waals surface area contributed by atoms with E-state index in [-0.39, 0.29) is 0 Å².